The molecule has 1 rings (SSSR count). The van der Waals surface area contributed by atoms with E-state index in [9.17, 15) is 5.11 Å². The lowest BCUT2D eigenvalue weighted by molar-refractivity contribution is -0.0256. The molecule has 5 heteroatoms. The summed E-state index contributed by atoms with van der Waals surface area (Å²) < 4.78 is 10.5. The van der Waals surface area contributed by atoms with Crippen LogP contribution < -0.4 is 5.32 Å². The zero-order valence-electron chi connectivity index (χ0n) is 11.0. The number of rotatable bonds is 8. The third kappa shape index (κ3) is 6.33. The molecule has 1 fully saturated rings. The van der Waals surface area contributed by atoms with Crippen molar-refractivity contribution < 1.29 is 14.6 Å². The highest BCUT2D eigenvalue weighted by atomic mass is 16.5. The van der Waals surface area contributed by atoms with Crippen LogP contribution in [-0.2, 0) is 9.47 Å². The average Bonchev–Trinajstić information content (AvgIpc) is 2.35. The van der Waals surface area contributed by atoms with Crippen molar-refractivity contribution >= 4 is 0 Å². The van der Waals surface area contributed by atoms with Crippen LogP contribution in [0.25, 0.3) is 0 Å². The average molecular weight is 246 g/mol. The Morgan fingerprint density at radius 2 is 2.41 bits per heavy atom. The second-order valence-corrected chi connectivity index (χ2v) is 4.49. The lowest BCUT2D eigenvalue weighted by Gasteiger charge is -2.32. The fourth-order valence-corrected chi connectivity index (χ4v) is 2.00. The number of aliphatic hydroxyl groups is 1. The molecule has 0 aromatic carbocycles. The van der Waals surface area contributed by atoms with Gasteiger partial charge >= 0.3 is 0 Å². The van der Waals surface area contributed by atoms with Crippen LogP contribution in [0.5, 0.6) is 0 Å². The number of hydrogen-bond acceptors (Lipinski definition) is 5. The molecule has 1 heterocycles. The molecule has 5 nitrogen and oxygen atoms in total. The van der Waals surface area contributed by atoms with Crippen molar-refractivity contribution in [2.24, 2.45) is 0 Å². The first-order chi connectivity index (χ1) is 8.26. The molecule has 0 bridgehead atoms. The van der Waals surface area contributed by atoms with E-state index in [1.807, 2.05) is 0 Å². The Labute approximate surface area is 104 Å². The molecule has 1 saturated heterocycles. The predicted molar refractivity (Wildman–Crippen MR) is 67.2 cm³/mol. The van der Waals surface area contributed by atoms with Gasteiger partial charge in [-0.3, -0.25) is 4.90 Å². The molecule has 17 heavy (non-hydrogen) atoms. The smallest absolute Gasteiger partial charge is 0.0826 e. The van der Waals surface area contributed by atoms with E-state index >= 15 is 0 Å². The molecule has 1 aliphatic rings. The molecule has 0 spiro atoms. The van der Waals surface area contributed by atoms with Crippen LogP contribution in [0.4, 0.5) is 0 Å². The van der Waals surface area contributed by atoms with Crippen LogP contribution in [0.3, 0.4) is 0 Å². The minimum absolute atomic E-state index is 0.281. The predicted octanol–water partition coefficient (Wildman–Crippen LogP) is -0.306. The second-order valence-electron chi connectivity index (χ2n) is 4.49. The Balaban J connectivity index is 2.02. The van der Waals surface area contributed by atoms with Crippen molar-refractivity contribution in [2.45, 2.75) is 25.6 Å². The summed E-state index contributed by atoms with van der Waals surface area (Å²) in [6.07, 6.45) is 0.632. The molecule has 0 amide bonds. The van der Waals surface area contributed by atoms with Gasteiger partial charge in [-0.15, -0.1) is 0 Å². The van der Waals surface area contributed by atoms with Gasteiger partial charge in [-0.1, -0.05) is 6.92 Å². The maximum absolute atomic E-state index is 9.46. The standard InChI is InChI=1S/C12H26N2O3/c1-3-14-6-7-17-12(9-14)8-13-5-4-11(15)10-16-2/h11-13,15H,3-10H2,1-2H3. The number of ether oxygens (including phenoxy) is 2. The van der Waals surface area contributed by atoms with Crippen molar-refractivity contribution in [1.29, 1.82) is 0 Å². The van der Waals surface area contributed by atoms with Gasteiger partial charge in [0.2, 0.25) is 0 Å². The summed E-state index contributed by atoms with van der Waals surface area (Å²) in [6.45, 7) is 8.21. The quantitative estimate of drug-likeness (QED) is 0.576. The number of aliphatic hydroxyl groups excluding tert-OH is 1. The van der Waals surface area contributed by atoms with Crippen LogP contribution in [0.1, 0.15) is 13.3 Å². The normalized spacial score (nSPS) is 23.8. The molecule has 0 saturated carbocycles. The highest BCUT2D eigenvalue weighted by Crippen LogP contribution is 2.03. The largest absolute Gasteiger partial charge is 0.391 e. The number of nitrogens with one attached hydrogen (secondary N) is 1. The number of morpholine rings is 1. The Morgan fingerprint density at radius 1 is 1.59 bits per heavy atom. The van der Waals surface area contributed by atoms with E-state index in [-0.39, 0.29) is 12.2 Å². The first-order valence-corrected chi connectivity index (χ1v) is 6.48. The number of hydrogen-bond donors (Lipinski definition) is 2. The van der Waals surface area contributed by atoms with Gasteiger partial charge in [0, 0.05) is 26.7 Å². The lowest BCUT2D eigenvalue weighted by atomic mass is 10.2. The third-order valence-corrected chi connectivity index (χ3v) is 3.06. The van der Waals surface area contributed by atoms with Gasteiger partial charge in [0.1, 0.15) is 0 Å². The van der Waals surface area contributed by atoms with Crippen molar-refractivity contribution in [3.05, 3.63) is 0 Å². The molecule has 0 aliphatic carbocycles. The Morgan fingerprint density at radius 3 is 3.12 bits per heavy atom. The van der Waals surface area contributed by atoms with Gasteiger partial charge in [-0.2, -0.15) is 0 Å². The minimum Gasteiger partial charge on any atom is -0.391 e. The van der Waals surface area contributed by atoms with Crippen molar-refractivity contribution in [3.8, 4) is 0 Å². The Bertz CT molecular complexity index is 193. The number of methoxy groups -OCH3 is 1. The first kappa shape index (κ1) is 14.9. The fraction of sp³-hybridized carbons (Fsp3) is 1.00. The van der Waals surface area contributed by atoms with Crippen LogP contribution in [0.2, 0.25) is 0 Å². The van der Waals surface area contributed by atoms with E-state index in [2.05, 4.69) is 17.1 Å². The summed E-state index contributed by atoms with van der Waals surface area (Å²) in [5.41, 5.74) is 0. The summed E-state index contributed by atoms with van der Waals surface area (Å²) in [7, 11) is 1.60. The van der Waals surface area contributed by atoms with Crippen LogP contribution in [0, 0.1) is 0 Å². The first-order valence-electron chi connectivity index (χ1n) is 6.48. The molecule has 0 aromatic rings. The Hall–Kier alpha value is -0.200. The highest BCUT2D eigenvalue weighted by Gasteiger charge is 2.18. The molecule has 1 aliphatic heterocycles. The summed E-state index contributed by atoms with van der Waals surface area (Å²) in [5, 5.41) is 12.8. The zero-order valence-corrected chi connectivity index (χ0v) is 11.0. The molecule has 0 aromatic heterocycles. The summed E-state index contributed by atoms with van der Waals surface area (Å²) in [5.74, 6) is 0. The summed E-state index contributed by atoms with van der Waals surface area (Å²) in [4.78, 5) is 2.40. The number of likely N-dealkylation sites (N-methyl/N-ethyl adjacent to an activating group) is 1. The van der Waals surface area contributed by atoms with E-state index < -0.39 is 0 Å². The topological polar surface area (TPSA) is 54.0 Å². The molecule has 2 unspecified atom stereocenters. The SMILES string of the molecule is CCN1CCOC(CNCCC(O)COC)C1. The van der Waals surface area contributed by atoms with E-state index in [0.29, 0.717) is 6.61 Å². The van der Waals surface area contributed by atoms with Crippen molar-refractivity contribution in [2.75, 3.05) is 53.0 Å². The van der Waals surface area contributed by atoms with E-state index in [1.165, 1.54) is 0 Å². The molecule has 2 N–H and O–H groups in total. The lowest BCUT2D eigenvalue weighted by Crippen LogP contribution is -2.46. The Kier molecular flexibility index (Phi) is 7.72. The van der Waals surface area contributed by atoms with Gasteiger partial charge in [0.25, 0.3) is 0 Å². The fourth-order valence-electron chi connectivity index (χ4n) is 2.00. The van der Waals surface area contributed by atoms with Gasteiger partial charge in [-0.25, -0.2) is 0 Å². The summed E-state index contributed by atoms with van der Waals surface area (Å²) >= 11 is 0. The van der Waals surface area contributed by atoms with Crippen molar-refractivity contribution in [3.63, 3.8) is 0 Å². The van der Waals surface area contributed by atoms with Crippen LogP contribution in [-0.4, -0.2) is 75.3 Å². The highest BCUT2D eigenvalue weighted by molar-refractivity contribution is 4.72. The van der Waals surface area contributed by atoms with Crippen molar-refractivity contribution in [1.82, 2.24) is 10.2 Å². The van der Waals surface area contributed by atoms with E-state index in [4.69, 9.17) is 9.47 Å². The number of nitrogens with zero attached hydrogens (tertiary/aromatic N) is 1. The molecule has 0 radical (unpaired) electrons. The minimum atomic E-state index is -0.369. The maximum Gasteiger partial charge on any atom is 0.0826 e. The molecule has 2 atom stereocenters. The van der Waals surface area contributed by atoms with E-state index in [1.54, 1.807) is 7.11 Å². The summed E-state index contributed by atoms with van der Waals surface area (Å²) in [6, 6.07) is 0. The van der Waals surface area contributed by atoms with Gasteiger partial charge < -0.3 is 19.9 Å². The monoisotopic (exact) mass is 246 g/mol. The van der Waals surface area contributed by atoms with Gasteiger partial charge in [0.15, 0.2) is 0 Å². The maximum atomic E-state index is 9.46. The third-order valence-electron chi connectivity index (χ3n) is 3.06. The van der Waals surface area contributed by atoms with Crippen LogP contribution >= 0.6 is 0 Å². The molecular weight excluding hydrogens is 220 g/mol. The molecular formula is C12H26N2O3. The van der Waals surface area contributed by atoms with E-state index in [0.717, 1.165) is 45.8 Å². The van der Waals surface area contributed by atoms with Crippen LogP contribution in [0.15, 0.2) is 0 Å². The second kappa shape index (κ2) is 8.83. The zero-order chi connectivity index (χ0) is 12.5. The molecule has 102 valence electrons. The van der Waals surface area contributed by atoms with Gasteiger partial charge in [0.05, 0.1) is 25.4 Å². The van der Waals surface area contributed by atoms with Gasteiger partial charge in [-0.05, 0) is 19.5 Å².